The number of fused-ring (bicyclic) bond motifs is 6. The van der Waals surface area contributed by atoms with Crippen LogP contribution in [0.2, 0.25) is 0 Å². The highest BCUT2D eigenvalue weighted by molar-refractivity contribution is 6.21. The molecule has 0 spiro atoms. The van der Waals surface area contributed by atoms with Gasteiger partial charge in [0.1, 0.15) is 5.65 Å². The lowest BCUT2D eigenvalue weighted by Gasteiger charge is -2.22. The smallest absolute Gasteiger partial charge is 0.264 e. The van der Waals surface area contributed by atoms with Crippen LogP contribution in [0.3, 0.4) is 0 Å². The monoisotopic (exact) mass is 418 g/mol. The molecule has 7 rings (SSSR count). The molecule has 2 heterocycles. The molecule has 0 amide bonds. The average molecular weight is 419 g/mol. The van der Waals surface area contributed by atoms with Crippen LogP contribution in [0, 0.1) is 0 Å². The largest absolute Gasteiger partial charge is 0.268 e. The van der Waals surface area contributed by atoms with Gasteiger partial charge in [-0.2, -0.15) is 0 Å². The minimum atomic E-state index is 0.0127. The Morgan fingerprint density at radius 1 is 0.688 bits per heavy atom. The first-order valence-corrected chi connectivity index (χ1v) is 11.5. The molecule has 3 nitrogen and oxygen atoms in total. The van der Waals surface area contributed by atoms with Crippen molar-refractivity contribution in [3.63, 3.8) is 0 Å². The Morgan fingerprint density at radius 3 is 2.25 bits per heavy atom. The Morgan fingerprint density at radius 2 is 1.41 bits per heavy atom. The van der Waals surface area contributed by atoms with Crippen molar-refractivity contribution in [2.45, 2.75) is 34.1 Å². The fourth-order valence-corrected chi connectivity index (χ4v) is 4.98. The third kappa shape index (κ3) is 2.61. The van der Waals surface area contributed by atoms with Crippen molar-refractivity contribution < 1.29 is 0 Å². The van der Waals surface area contributed by atoms with Gasteiger partial charge in [0.15, 0.2) is 0 Å². The first-order valence-electron chi connectivity index (χ1n) is 11.5. The predicted octanol–water partition coefficient (Wildman–Crippen LogP) is 7.22. The molecule has 6 aromatic rings. The maximum Gasteiger partial charge on any atom is 0.264 e. The molecule has 0 unspecified atom stereocenters. The van der Waals surface area contributed by atoms with Crippen LogP contribution in [0.15, 0.2) is 77.6 Å². The average Bonchev–Trinajstić information content (AvgIpc) is 3.26. The fourth-order valence-electron chi connectivity index (χ4n) is 4.98. The van der Waals surface area contributed by atoms with Gasteiger partial charge >= 0.3 is 0 Å². The summed E-state index contributed by atoms with van der Waals surface area (Å²) in [6, 6.07) is 24.9. The van der Waals surface area contributed by atoms with Gasteiger partial charge in [-0.15, -0.1) is 0 Å². The molecule has 4 aromatic carbocycles. The number of nitrogens with zero attached hydrogens (tertiary/aromatic N) is 2. The summed E-state index contributed by atoms with van der Waals surface area (Å²) in [6.07, 6.45) is 0.897. The van der Waals surface area contributed by atoms with Gasteiger partial charge in [-0.25, -0.2) is 4.98 Å². The normalized spacial score (nSPS) is 11.8. The number of pyridine rings is 1. The molecular weight excluding hydrogens is 392 g/mol. The summed E-state index contributed by atoms with van der Waals surface area (Å²) in [6.45, 7) is 8.00. The Labute approximate surface area is 187 Å². The van der Waals surface area contributed by atoms with Gasteiger partial charge in [0.05, 0.1) is 11.0 Å². The van der Waals surface area contributed by atoms with Crippen molar-refractivity contribution in [3.05, 3.63) is 94.3 Å². The Hall–Kier alpha value is -3.72. The van der Waals surface area contributed by atoms with Crippen molar-refractivity contribution in [3.8, 4) is 11.1 Å². The van der Waals surface area contributed by atoms with E-state index >= 15 is 0 Å². The second-order valence-corrected chi connectivity index (χ2v) is 7.58. The number of hydrogen-bond donors (Lipinski definition) is 0. The standard InChI is InChI=1S/C25H14N2O.2C2H6/c28-25-19-10-9-15-13-14-5-1-2-6-16(14)17-11-12-18(23(19)22(15)17)24-26-20-7-3-4-8-21(20)27(24)25;2*1-2/h1-12H,13H2;2*1-2H3. The van der Waals surface area contributed by atoms with Gasteiger partial charge in [0.2, 0.25) is 0 Å². The minimum Gasteiger partial charge on any atom is -0.268 e. The molecule has 0 bridgehead atoms. The van der Waals surface area contributed by atoms with Gasteiger partial charge in [0, 0.05) is 16.2 Å². The lowest BCUT2D eigenvalue weighted by molar-refractivity contribution is 1.18. The van der Waals surface area contributed by atoms with Crippen LogP contribution in [0.5, 0.6) is 0 Å². The Bertz CT molecular complexity index is 1660. The lowest BCUT2D eigenvalue weighted by atomic mass is 9.82. The van der Waals surface area contributed by atoms with Crippen molar-refractivity contribution in [1.29, 1.82) is 0 Å². The van der Waals surface area contributed by atoms with Crippen molar-refractivity contribution in [2.24, 2.45) is 0 Å². The van der Waals surface area contributed by atoms with Crippen LogP contribution in [0.25, 0.3) is 49.4 Å². The van der Waals surface area contributed by atoms with E-state index < -0.39 is 0 Å². The lowest BCUT2D eigenvalue weighted by Crippen LogP contribution is -2.14. The molecule has 1 aliphatic carbocycles. The zero-order valence-corrected chi connectivity index (χ0v) is 18.9. The van der Waals surface area contributed by atoms with Crippen LogP contribution >= 0.6 is 0 Å². The number of hydrogen-bond acceptors (Lipinski definition) is 2. The fraction of sp³-hybridized carbons (Fsp3) is 0.172. The van der Waals surface area contributed by atoms with E-state index in [9.17, 15) is 4.79 Å². The Kier molecular flexibility index (Phi) is 4.90. The molecule has 158 valence electrons. The highest BCUT2D eigenvalue weighted by Gasteiger charge is 2.23. The maximum atomic E-state index is 13.5. The van der Waals surface area contributed by atoms with Crippen LogP contribution < -0.4 is 5.56 Å². The van der Waals surface area contributed by atoms with E-state index in [1.54, 1.807) is 4.40 Å². The molecule has 0 fully saturated rings. The summed E-state index contributed by atoms with van der Waals surface area (Å²) in [5.74, 6) is 0. The highest BCUT2D eigenvalue weighted by atomic mass is 16.1. The molecule has 1 aliphatic rings. The van der Waals surface area contributed by atoms with E-state index in [4.69, 9.17) is 4.98 Å². The van der Waals surface area contributed by atoms with E-state index in [2.05, 4.69) is 42.5 Å². The predicted molar refractivity (Wildman–Crippen MR) is 136 cm³/mol. The summed E-state index contributed by atoms with van der Waals surface area (Å²) in [5.41, 5.74) is 7.60. The molecule has 3 heteroatoms. The summed E-state index contributed by atoms with van der Waals surface area (Å²) in [5, 5.41) is 4.08. The van der Waals surface area contributed by atoms with Gasteiger partial charge in [-0.05, 0) is 58.3 Å². The molecule has 0 saturated heterocycles. The summed E-state index contributed by atoms with van der Waals surface area (Å²) in [4.78, 5) is 18.3. The van der Waals surface area contributed by atoms with Crippen LogP contribution in [-0.4, -0.2) is 9.38 Å². The summed E-state index contributed by atoms with van der Waals surface area (Å²) in [7, 11) is 0. The highest BCUT2D eigenvalue weighted by Crippen LogP contribution is 2.43. The third-order valence-electron chi connectivity index (χ3n) is 6.17. The zero-order chi connectivity index (χ0) is 22.4. The first-order chi connectivity index (χ1) is 15.8. The SMILES string of the molecule is CC.CC.O=c1c2ccc3c4c(ccc(c42)c2nc4ccccc4n12)-c1ccccc1C3. The second-order valence-electron chi connectivity index (χ2n) is 7.58. The topological polar surface area (TPSA) is 34.4 Å². The quantitative estimate of drug-likeness (QED) is 0.261. The molecule has 2 aromatic heterocycles. The molecule has 32 heavy (non-hydrogen) atoms. The van der Waals surface area contributed by atoms with E-state index in [0.717, 1.165) is 39.3 Å². The third-order valence-corrected chi connectivity index (χ3v) is 6.17. The van der Waals surface area contributed by atoms with Gasteiger partial charge in [-0.1, -0.05) is 76.2 Å². The van der Waals surface area contributed by atoms with E-state index in [1.807, 2.05) is 58.0 Å². The first kappa shape index (κ1) is 20.2. The summed E-state index contributed by atoms with van der Waals surface area (Å²) < 4.78 is 1.77. The van der Waals surface area contributed by atoms with Crippen LogP contribution in [0.1, 0.15) is 38.8 Å². The molecule has 0 N–H and O–H groups in total. The zero-order valence-electron chi connectivity index (χ0n) is 18.9. The number of aromatic nitrogens is 2. The molecule has 0 radical (unpaired) electrons. The molecule has 0 saturated carbocycles. The second kappa shape index (κ2) is 7.76. The Balaban J connectivity index is 0.000000514. The van der Waals surface area contributed by atoms with E-state index in [1.165, 1.54) is 27.6 Å². The van der Waals surface area contributed by atoms with Crippen molar-refractivity contribution >= 4 is 38.2 Å². The minimum absolute atomic E-state index is 0.0127. The van der Waals surface area contributed by atoms with Crippen LogP contribution in [-0.2, 0) is 6.42 Å². The maximum absolute atomic E-state index is 13.5. The van der Waals surface area contributed by atoms with E-state index in [-0.39, 0.29) is 5.56 Å². The van der Waals surface area contributed by atoms with Gasteiger partial charge < -0.3 is 0 Å². The molecule has 0 atom stereocenters. The molecule has 0 aliphatic heterocycles. The number of para-hydroxylation sites is 2. The van der Waals surface area contributed by atoms with Crippen LogP contribution in [0.4, 0.5) is 0 Å². The van der Waals surface area contributed by atoms with E-state index in [0.29, 0.717) is 0 Å². The molecular formula is C29H26N2O. The van der Waals surface area contributed by atoms with Crippen molar-refractivity contribution in [1.82, 2.24) is 9.38 Å². The van der Waals surface area contributed by atoms with Gasteiger partial charge in [0.25, 0.3) is 5.56 Å². The summed E-state index contributed by atoms with van der Waals surface area (Å²) >= 11 is 0. The number of rotatable bonds is 0. The van der Waals surface area contributed by atoms with Crippen molar-refractivity contribution in [2.75, 3.05) is 0 Å². The number of imidazole rings is 1. The van der Waals surface area contributed by atoms with Gasteiger partial charge in [-0.3, -0.25) is 9.20 Å². The number of benzene rings is 4.